The summed E-state index contributed by atoms with van der Waals surface area (Å²) < 4.78 is 46.9. The number of hydrogen-bond donors (Lipinski definition) is 1. The smallest absolute Gasteiger partial charge is 0.422 e. The van der Waals surface area contributed by atoms with E-state index in [1.165, 1.54) is 13.2 Å². The van der Waals surface area contributed by atoms with Gasteiger partial charge >= 0.3 is 6.18 Å². The number of ether oxygens (including phenoxy) is 2. The summed E-state index contributed by atoms with van der Waals surface area (Å²) in [5.74, 6) is 1.91. The lowest BCUT2D eigenvalue weighted by atomic mass is 9.99. The molecule has 0 amide bonds. The molecule has 5 nitrogen and oxygen atoms in total. The monoisotopic (exact) mass is 501 g/mol. The molecular weight excluding hydrogens is 474 g/mol. The Kier molecular flexibility index (Phi) is 9.48. The average Bonchev–Trinajstić information content (AvgIpc) is 2.61. The van der Waals surface area contributed by atoms with E-state index in [9.17, 15) is 13.2 Å². The van der Waals surface area contributed by atoms with Crippen LogP contribution in [0.2, 0.25) is 0 Å². The molecule has 1 aromatic carbocycles. The van der Waals surface area contributed by atoms with E-state index in [0.717, 1.165) is 43.4 Å². The zero-order valence-corrected chi connectivity index (χ0v) is 18.1. The number of nitrogens with zero attached hydrogens (tertiary/aromatic N) is 2. The first-order valence-electron chi connectivity index (χ1n) is 8.64. The molecule has 0 atom stereocenters. The minimum absolute atomic E-state index is 0. The maximum Gasteiger partial charge on any atom is 0.422 e. The fourth-order valence-corrected chi connectivity index (χ4v) is 2.83. The molecule has 1 N–H and O–H groups in total. The van der Waals surface area contributed by atoms with Crippen molar-refractivity contribution >= 4 is 29.9 Å². The summed E-state index contributed by atoms with van der Waals surface area (Å²) in [4.78, 5) is 6.54. The number of guanidine groups is 1. The van der Waals surface area contributed by atoms with Crippen LogP contribution in [0.15, 0.2) is 23.2 Å². The number of nitrogens with one attached hydrogen (secondary N) is 1. The number of piperidine rings is 1. The van der Waals surface area contributed by atoms with E-state index in [0.29, 0.717) is 6.54 Å². The SMILES string of the molecule is CN=C(NCc1ccc(OCC(F)(F)F)c(OC)c1)N1CCC(C)CC1.I. The van der Waals surface area contributed by atoms with Crippen LogP contribution >= 0.6 is 24.0 Å². The Bertz CT molecular complexity index is 618. The maximum absolute atomic E-state index is 12.3. The first kappa shape index (κ1) is 23.6. The van der Waals surface area contributed by atoms with Crippen LogP contribution in [0, 0.1) is 5.92 Å². The minimum Gasteiger partial charge on any atom is -0.493 e. The lowest BCUT2D eigenvalue weighted by Crippen LogP contribution is -2.45. The zero-order chi connectivity index (χ0) is 19.2. The van der Waals surface area contributed by atoms with Gasteiger partial charge in [-0.25, -0.2) is 0 Å². The second-order valence-electron chi connectivity index (χ2n) is 6.46. The number of methoxy groups -OCH3 is 1. The fraction of sp³-hybridized carbons (Fsp3) is 0.611. The molecule has 0 spiro atoms. The van der Waals surface area contributed by atoms with Crippen LogP contribution in [0.3, 0.4) is 0 Å². The second-order valence-corrected chi connectivity index (χ2v) is 6.46. The van der Waals surface area contributed by atoms with Crippen LogP contribution in [0.5, 0.6) is 11.5 Å². The van der Waals surface area contributed by atoms with E-state index in [-0.39, 0.29) is 35.5 Å². The van der Waals surface area contributed by atoms with Crippen molar-refractivity contribution in [2.45, 2.75) is 32.5 Å². The molecule has 1 saturated heterocycles. The number of alkyl halides is 3. The summed E-state index contributed by atoms with van der Waals surface area (Å²) in [6.45, 7) is 3.33. The molecule has 1 aliphatic heterocycles. The van der Waals surface area contributed by atoms with E-state index in [1.54, 1.807) is 19.2 Å². The molecule has 0 aromatic heterocycles. The van der Waals surface area contributed by atoms with E-state index >= 15 is 0 Å². The van der Waals surface area contributed by atoms with Gasteiger partial charge in [0.2, 0.25) is 0 Å². The van der Waals surface area contributed by atoms with Crippen molar-refractivity contribution in [1.82, 2.24) is 10.2 Å². The molecule has 0 saturated carbocycles. The number of likely N-dealkylation sites (tertiary alicyclic amines) is 1. The van der Waals surface area contributed by atoms with Crippen LogP contribution in [0.25, 0.3) is 0 Å². The van der Waals surface area contributed by atoms with E-state index in [1.807, 2.05) is 0 Å². The summed E-state index contributed by atoms with van der Waals surface area (Å²) in [7, 11) is 3.15. The largest absolute Gasteiger partial charge is 0.493 e. The third kappa shape index (κ3) is 7.63. The first-order valence-corrected chi connectivity index (χ1v) is 8.64. The van der Waals surface area contributed by atoms with E-state index < -0.39 is 12.8 Å². The molecule has 9 heteroatoms. The highest BCUT2D eigenvalue weighted by Gasteiger charge is 2.29. The van der Waals surface area contributed by atoms with Gasteiger partial charge in [-0.15, -0.1) is 24.0 Å². The normalized spacial score (nSPS) is 15.9. The van der Waals surface area contributed by atoms with Gasteiger partial charge in [0, 0.05) is 26.7 Å². The van der Waals surface area contributed by atoms with Gasteiger partial charge in [0.25, 0.3) is 0 Å². The van der Waals surface area contributed by atoms with Gasteiger partial charge < -0.3 is 19.7 Å². The zero-order valence-electron chi connectivity index (χ0n) is 15.8. The van der Waals surface area contributed by atoms with Crippen LogP contribution in [0.4, 0.5) is 13.2 Å². The van der Waals surface area contributed by atoms with Crippen LogP contribution in [-0.2, 0) is 6.54 Å². The van der Waals surface area contributed by atoms with Crippen LogP contribution < -0.4 is 14.8 Å². The van der Waals surface area contributed by atoms with Crippen molar-refractivity contribution in [3.8, 4) is 11.5 Å². The van der Waals surface area contributed by atoms with Gasteiger partial charge in [-0.3, -0.25) is 4.99 Å². The lowest BCUT2D eigenvalue weighted by molar-refractivity contribution is -0.153. The summed E-state index contributed by atoms with van der Waals surface area (Å²) >= 11 is 0. The Balaban J connectivity index is 0.00000364. The molecule has 2 rings (SSSR count). The van der Waals surface area contributed by atoms with Gasteiger partial charge in [0.05, 0.1) is 7.11 Å². The average molecular weight is 501 g/mol. The minimum atomic E-state index is -4.39. The molecule has 0 aliphatic carbocycles. The molecule has 0 unspecified atom stereocenters. The number of rotatable bonds is 5. The second kappa shape index (κ2) is 10.8. The third-order valence-electron chi connectivity index (χ3n) is 4.36. The lowest BCUT2D eigenvalue weighted by Gasteiger charge is -2.33. The maximum atomic E-state index is 12.3. The van der Waals surface area contributed by atoms with Crippen LogP contribution in [-0.4, -0.2) is 50.9 Å². The highest BCUT2D eigenvalue weighted by molar-refractivity contribution is 14.0. The van der Waals surface area contributed by atoms with E-state index in [4.69, 9.17) is 9.47 Å². The molecule has 27 heavy (non-hydrogen) atoms. The van der Waals surface area contributed by atoms with Crippen molar-refractivity contribution in [2.24, 2.45) is 10.9 Å². The molecule has 1 aliphatic rings. The van der Waals surface area contributed by atoms with Gasteiger partial charge in [-0.05, 0) is 36.5 Å². The van der Waals surface area contributed by atoms with Crippen molar-refractivity contribution in [3.05, 3.63) is 23.8 Å². The summed E-state index contributed by atoms with van der Waals surface area (Å²) in [6.07, 6.45) is -2.11. The number of halogens is 4. The highest BCUT2D eigenvalue weighted by Crippen LogP contribution is 2.29. The quantitative estimate of drug-likeness (QED) is 0.376. The van der Waals surface area contributed by atoms with Crippen molar-refractivity contribution in [1.29, 1.82) is 0 Å². The molecule has 1 aromatic rings. The molecule has 1 fully saturated rings. The third-order valence-corrected chi connectivity index (χ3v) is 4.36. The van der Waals surface area contributed by atoms with Gasteiger partial charge in [-0.2, -0.15) is 13.2 Å². The summed E-state index contributed by atoms with van der Waals surface area (Å²) in [5, 5.41) is 3.30. The van der Waals surface area contributed by atoms with Crippen molar-refractivity contribution < 1.29 is 22.6 Å². The number of benzene rings is 1. The molecule has 1 heterocycles. The fourth-order valence-electron chi connectivity index (χ4n) is 2.83. The molecular formula is C18H27F3IN3O2. The van der Waals surface area contributed by atoms with E-state index in [2.05, 4.69) is 22.1 Å². The van der Waals surface area contributed by atoms with Crippen molar-refractivity contribution in [2.75, 3.05) is 33.9 Å². The Morgan fingerprint density at radius 1 is 1.26 bits per heavy atom. The summed E-state index contributed by atoms with van der Waals surface area (Å²) in [5.41, 5.74) is 0.868. The summed E-state index contributed by atoms with van der Waals surface area (Å²) in [6, 6.07) is 4.88. The topological polar surface area (TPSA) is 46.1 Å². The van der Waals surface area contributed by atoms with Crippen LogP contribution in [0.1, 0.15) is 25.3 Å². The van der Waals surface area contributed by atoms with Gasteiger partial charge in [0.15, 0.2) is 24.1 Å². The highest BCUT2D eigenvalue weighted by atomic mass is 127. The molecule has 154 valence electrons. The number of hydrogen-bond acceptors (Lipinski definition) is 3. The Hall–Kier alpha value is -1.39. The molecule has 0 bridgehead atoms. The Morgan fingerprint density at radius 2 is 1.93 bits per heavy atom. The first-order chi connectivity index (χ1) is 12.3. The van der Waals surface area contributed by atoms with Gasteiger partial charge in [-0.1, -0.05) is 13.0 Å². The Morgan fingerprint density at radius 3 is 2.48 bits per heavy atom. The van der Waals surface area contributed by atoms with Crippen molar-refractivity contribution in [3.63, 3.8) is 0 Å². The predicted octanol–water partition coefficient (Wildman–Crippen LogP) is 4.06. The standard InChI is InChI=1S/C18H26F3N3O2.HI/c1-13-6-8-24(9-7-13)17(22-2)23-11-14-4-5-15(16(10-14)25-3)26-12-18(19,20)21;/h4-5,10,13H,6-9,11-12H2,1-3H3,(H,22,23);1H. The predicted molar refractivity (Wildman–Crippen MR) is 110 cm³/mol. The van der Waals surface area contributed by atoms with Gasteiger partial charge in [0.1, 0.15) is 0 Å². The Labute approximate surface area is 175 Å². The number of aliphatic imine (C=N–C) groups is 1. The molecule has 0 radical (unpaired) electrons.